The number of benzene rings is 2. The average Bonchev–Trinajstić information content (AvgIpc) is 3.17. The summed E-state index contributed by atoms with van der Waals surface area (Å²) >= 11 is 0. The molecule has 2 heterocycles. The van der Waals surface area contributed by atoms with Gasteiger partial charge in [-0.2, -0.15) is 5.10 Å². The summed E-state index contributed by atoms with van der Waals surface area (Å²) < 4.78 is 15.5. The standard InChI is InChI=1S/C23H25FN4O.ClH/c1-15-6-7-19(12-16(15)2)27-23(29)21-14-26-28(20-5-3-4-18(24)13-20)22(21)17-8-10-25-11-9-17;/h3-7,12-14,17,25H,8-11H2,1-2H3,(H,27,29);1H. The molecule has 1 fully saturated rings. The SMILES string of the molecule is Cc1ccc(NC(=O)c2cnn(-c3cccc(F)c3)c2C2CCNCC2)cc1C.Cl. The first-order valence-electron chi connectivity index (χ1n) is 9.96. The molecule has 3 aromatic rings. The molecular weight excluding hydrogens is 403 g/mol. The highest BCUT2D eigenvalue weighted by molar-refractivity contribution is 6.05. The second-order valence-electron chi connectivity index (χ2n) is 7.61. The van der Waals surface area contributed by atoms with Gasteiger partial charge < -0.3 is 10.6 Å². The van der Waals surface area contributed by atoms with Crippen LogP contribution >= 0.6 is 12.4 Å². The largest absolute Gasteiger partial charge is 0.322 e. The molecule has 0 saturated carbocycles. The molecule has 30 heavy (non-hydrogen) atoms. The Hall–Kier alpha value is -2.70. The number of aryl methyl sites for hydroxylation is 2. The lowest BCUT2D eigenvalue weighted by atomic mass is 9.91. The number of hydrogen-bond acceptors (Lipinski definition) is 3. The van der Waals surface area contributed by atoms with Crippen LogP contribution in [-0.4, -0.2) is 28.8 Å². The summed E-state index contributed by atoms with van der Waals surface area (Å²) in [4.78, 5) is 13.1. The van der Waals surface area contributed by atoms with Gasteiger partial charge in [0.15, 0.2) is 0 Å². The Labute approximate surface area is 182 Å². The zero-order chi connectivity index (χ0) is 20.4. The van der Waals surface area contributed by atoms with Crippen LogP contribution in [-0.2, 0) is 0 Å². The molecule has 0 atom stereocenters. The molecule has 1 saturated heterocycles. The number of rotatable bonds is 4. The number of piperidine rings is 1. The van der Waals surface area contributed by atoms with Crippen LogP contribution in [0.15, 0.2) is 48.7 Å². The molecule has 0 spiro atoms. The highest BCUT2D eigenvalue weighted by atomic mass is 35.5. The fourth-order valence-corrected chi connectivity index (χ4v) is 3.85. The number of anilines is 1. The number of aromatic nitrogens is 2. The molecular formula is C23H26ClFN4O. The topological polar surface area (TPSA) is 59.0 Å². The predicted molar refractivity (Wildman–Crippen MR) is 119 cm³/mol. The quantitative estimate of drug-likeness (QED) is 0.629. The van der Waals surface area contributed by atoms with Crippen LogP contribution in [0.4, 0.5) is 10.1 Å². The monoisotopic (exact) mass is 428 g/mol. The van der Waals surface area contributed by atoms with Crippen LogP contribution in [0.5, 0.6) is 0 Å². The van der Waals surface area contributed by atoms with Gasteiger partial charge in [-0.15, -0.1) is 12.4 Å². The Bertz CT molecular complexity index is 1040. The maximum atomic E-state index is 13.8. The summed E-state index contributed by atoms with van der Waals surface area (Å²) in [5.41, 5.74) is 5.07. The highest BCUT2D eigenvalue weighted by Gasteiger charge is 2.27. The maximum Gasteiger partial charge on any atom is 0.259 e. The number of carbonyl (C=O) groups is 1. The van der Waals surface area contributed by atoms with E-state index >= 15 is 0 Å². The molecule has 5 nitrogen and oxygen atoms in total. The number of carbonyl (C=O) groups excluding carboxylic acids is 1. The van der Waals surface area contributed by atoms with Gasteiger partial charge in [0.25, 0.3) is 5.91 Å². The fraction of sp³-hybridized carbons (Fsp3) is 0.304. The van der Waals surface area contributed by atoms with E-state index < -0.39 is 0 Å². The Kier molecular flexibility index (Phi) is 6.90. The Morgan fingerprint density at radius 1 is 1.13 bits per heavy atom. The lowest BCUT2D eigenvalue weighted by Crippen LogP contribution is -2.29. The van der Waals surface area contributed by atoms with Crippen molar-refractivity contribution in [2.24, 2.45) is 0 Å². The summed E-state index contributed by atoms with van der Waals surface area (Å²) in [6, 6.07) is 12.2. The second kappa shape index (κ2) is 9.41. The van der Waals surface area contributed by atoms with Gasteiger partial charge in [-0.1, -0.05) is 12.1 Å². The van der Waals surface area contributed by atoms with Crippen LogP contribution in [0, 0.1) is 19.7 Å². The van der Waals surface area contributed by atoms with Crippen molar-refractivity contribution in [3.8, 4) is 5.69 Å². The molecule has 2 aromatic carbocycles. The van der Waals surface area contributed by atoms with Crippen molar-refractivity contribution in [1.29, 1.82) is 0 Å². The molecule has 0 bridgehead atoms. The molecule has 0 radical (unpaired) electrons. The van der Waals surface area contributed by atoms with Crippen molar-refractivity contribution in [3.63, 3.8) is 0 Å². The summed E-state index contributed by atoms with van der Waals surface area (Å²) in [6.45, 7) is 5.83. The first-order chi connectivity index (χ1) is 14.0. The van der Waals surface area contributed by atoms with E-state index in [2.05, 4.69) is 15.7 Å². The predicted octanol–water partition coefficient (Wildman–Crippen LogP) is 4.77. The van der Waals surface area contributed by atoms with Gasteiger partial charge in [-0.05, 0) is 81.2 Å². The van der Waals surface area contributed by atoms with Crippen molar-refractivity contribution in [2.45, 2.75) is 32.6 Å². The van der Waals surface area contributed by atoms with E-state index in [1.54, 1.807) is 16.9 Å². The lowest BCUT2D eigenvalue weighted by Gasteiger charge is -2.24. The van der Waals surface area contributed by atoms with Gasteiger partial charge in [0, 0.05) is 11.6 Å². The zero-order valence-corrected chi connectivity index (χ0v) is 17.9. The van der Waals surface area contributed by atoms with Gasteiger partial charge in [0.2, 0.25) is 0 Å². The van der Waals surface area contributed by atoms with Crippen LogP contribution in [0.25, 0.3) is 5.69 Å². The van der Waals surface area contributed by atoms with Crippen molar-refractivity contribution < 1.29 is 9.18 Å². The van der Waals surface area contributed by atoms with E-state index in [-0.39, 0.29) is 30.0 Å². The number of nitrogens with one attached hydrogen (secondary N) is 2. The van der Waals surface area contributed by atoms with Crippen molar-refractivity contribution in [1.82, 2.24) is 15.1 Å². The number of halogens is 2. The van der Waals surface area contributed by atoms with E-state index in [1.165, 1.54) is 17.7 Å². The van der Waals surface area contributed by atoms with E-state index in [0.29, 0.717) is 11.3 Å². The summed E-state index contributed by atoms with van der Waals surface area (Å²) in [6.07, 6.45) is 3.41. The van der Waals surface area contributed by atoms with E-state index in [1.807, 2.05) is 38.1 Å². The molecule has 2 N–H and O–H groups in total. The fourth-order valence-electron chi connectivity index (χ4n) is 3.85. The highest BCUT2D eigenvalue weighted by Crippen LogP contribution is 2.31. The molecule has 4 rings (SSSR count). The number of nitrogens with zero attached hydrogens (tertiary/aromatic N) is 2. The average molecular weight is 429 g/mol. The first-order valence-corrected chi connectivity index (χ1v) is 9.96. The molecule has 158 valence electrons. The van der Waals surface area contributed by atoms with Crippen molar-refractivity contribution in [2.75, 3.05) is 18.4 Å². The second-order valence-corrected chi connectivity index (χ2v) is 7.61. The summed E-state index contributed by atoms with van der Waals surface area (Å²) in [5.74, 6) is -0.331. The number of hydrogen-bond donors (Lipinski definition) is 2. The van der Waals surface area contributed by atoms with Crippen LogP contribution in [0.2, 0.25) is 0 Å². The van der Waals surface area contributed by atoms with Gasteiger partial charge >= 0.3 is 0 Å². The van der Waals surface area contributed by atoms with Gasteiger partial charge in [0.1, 0.15) is 5.82 Å². The minimum absolute atomic E-state index is 0. The minimum Gasteiger partial charge on any atom is -0.322 e. The van der Waals surface area contributed by atoms with Crippen LogP contribution in [0.3, 0.4) is 0 Å². The Morgan fingerprint density at radius 2 is 1.90 bits per heavy atom. The molecule has 0 unspecified atom stereocenters. The molecule has 1 amide bonds. The van der Waals surface area contributed by atoms with E-state index in [0.717, 1.165) is 42.9 Å². The zero-order valence-electron chi connectivity index (χ0n) is 17.1. The Morgan fingerprint density at radius 3 is 2.60 bits per heavy atom. The summed E-state index contributed by atoms with van der Waals surface area (Å²) in [5, 5.41) is 10.8. The van der Waals surface area contributed by atoms with Crippen LogP contribution < -0.4 is 10.6 Å². The smallest absolute Gasteiger partial charge is 0.259 e. The third kappa shape index (κ3) is 4.55. The Balaban J connectivity index is 0.00000256. The van der Waals surface area contributed by atoms with Gasteiger partial charge in [-0.3, -0.25) is 4.79 Å². The van der Waals surface area contributed by atoms with Crippen molar-refractivity contribution >= 4 is 24.0 Å². The number of amides is 1. The van der Waals surface area contributed by atoms with Gasteiger partial charge in [-0.25, -0.2) is 9.07 Å². The van der Waals surface area contributed by atoms with E-state index in [4.69, 9.17) is 0 Å². The molecule has 1 aliphatic heterocycles. The van der Waals surface area contributed by atoms with Crippen molar-refractivity contribution in [3.05, 3.63) is 76.9 Å². The third-order valence-corrected chi connectivity index (χ3v) is 5.59. The molecule has 1 aliphatic rings. The van der Waals surface area contributed by atoms with Crippen LogP contribution in [0.1, 0.15) is 45.9 Å². The molecule has 7 heteroatoms. The first kappa shape index (κ1) is 22.0. The molecule has 0 aliphatic carbocycles. The minimum atomic E-state index is -0.324. The summed E-state index contributed by atoms with van der Waals surface area (Å²) in [7, 11) is 0. The maximum absolute atomic E-state index is 13.8. The van der Waals surface area contributed by atoms with Gasteiger partial charge in [0.05, 0.1) is 23.1 Å². The van der Waals surface area contributed by atoms with E-state index in [9.17, 15) is 9.18 Å². The molecule has 1 aromatic heterocycles. The lowest BCUT2D eigenvalue weighted by molar-refractivity contribution is 0.102. The normalized spacial score (nSPS) is 14.2. The third-order valence-electron chi connectivity index (χ3n) is 5.59.